The Bertz CT molecular complexity index is 233. The second-order valence-corrected chi connectivity index (χ2v) is 10.3. The molecular weight excluding hydrogens is 257 g/mol. The Morgan fingerprint density at radius 1 is 0.895 bits per heavy atom. The maximum Gasteiger partial charge on any atom is 0.369 e. The van der Waals surface area contributed by atoms with E-state index >= 15 is 0 Å². The third kappa shape index (κ3) is 5.28. The smallest absolute Gasteiger partial charge is 0.181 e. The zero-order valence-corrected chi connectivity index (χ0v) is 15.4. The van der Waals surface area contributed by atoms with Crippen LogP contribution in [0.4, 0.5) is 0 Å². The molecule has 0 aromatic rings. The Hall–Kier alpha value is 0.270. The molecule has 4 nitrogen and oxygen atoms in total. The van der Waals surface area contributed by atoms with Gasteiger partial charge in [0.05, 0.1) is 0 Å². The van der Waals surface area contributed by atoms with Gasteiger partial charge in [-0.25, -0.2) is 0 Å². The number of hydrogen-bond acceptors (Lipinski definition) is 4. The summed E-state index contributed by atoms with van der Waals surface area (Å²) in [5, 5.41) is 0. The fourth-order valence-corrected chi connectivity index (χ4v) is 5.77. The Balaban J connectivity index is 4.85. The molecule has 0 aliphatic heterocycles. The third-order valence-electron chi connectivity index (χ3n) is 3.40. The van der Waals surface area contributed by atoms with Crippen LogP contribution in [-0.4, -0.2) is 62.9 Å². The lowest BCUT2D eigenvalue weighted by Crippen LogP contribution is -2.39. The maximum atomic E-state index is 6.46. The van der Waals surface area contributed by atoms with Crippen molar-refractivity contribution in [2.45, 2.75) is 40.0 Å². The minimum Gasteiger partial charge on any atom is -0.181 e. The van der Waals surface area contributed by atoms with E-state index in [-0.39, 0.29) is 5.41 Å². The van der Waals surface area contributed by atoms with Gasteiger partial charge < -0.3 is 0 Å². The van der Waals surface area contributed by atoms with E-state index < -0.39 is 7.94 Å². The van der Waals surface area contributed by atoms with Crippen molar-refractivity contribution in [3.63, 3.8) is 0 Å². The van der Waals surface area contributed by atoms with Gasteiger partial charge in [0.15, 0.2) is 0 Å². The van der Waals surface area contributed by atoms with Crippen molar-refractivity contribution in [3.8, 4) is 0 Å². The second-order valence-electron chi connectivity index (χ2n) is 6.60. The van der Waals surface area contributed by atoms with Gasteiger partial charge in [0.1, 0.15) is 6.61 Å². The summed E-state index contributed by atoms with van der Waals surface area (Å²) in [5.41, 5.74) is 0.239. The molecule has 0 unspecified atom stereocenters. The fourth-order valence-electron chi connectivity index (χ4n) is 2.41. The molecule has 116 valence electrons. The van der Waals surface area contributed by atoms with E-state index in [4.69, 9.17) is 4.52 Å². The summed E-state index contributed by atoms with van der Waals surface area (Å²) >= 11 is 0. The van der Waals surface area contributed by atoms with E-state index in [9.17, 15) is 0 Å². The summed E-state index contributed by atoms with van der Waals surface area (Å²) in [6.07, 6.45) is 3.74. The lowest BCUT2D eigenvalue weighted by Gasteiger charge is -2.39. The van der Waals surface area contributed by atoms with Crippen LogP contribution in [0.3, 0.4) is 0 Å². The first-order valence-electron chi connectivity index (χ1n) is 7.17. The van der Waals surface area contributed by atoms with Crippen LogP contribution in [-0.2, 0) is 4.52 Å². The molecule has 0 aromatic carbocycles. The van der Waals surface area contributed by atoms with Crippen LogP contribution in [0.1, 0.15) is 40.0 Å². The summed E-state index contributed by atoms with van der Waals surface area (Å²) in [7, 11) is 10.8. The van der Waals surface area contributed by atoms with Crippen LogP contribution in [0.2, 0.25) is 0 Å². The van der Waals surface area contributed by atoms with Gasteiger partial charge in [0.25, 0.3) is 0 Å². The van der Waals surface area contributed by atoms with Gasteiger partial charge >= 0.3 is 7.94 Å². The van der Waals surface area contributed by atoms with Crippen LogP contribution in [0.25, 0.3) is 0 Å². The Labute approximate surface area is 121 Å². The molecule has 0 saturated heterocycles. The molecule has 0 heterocycles. The first-order chi connectivity index (χ1) is 8.60. The highest BCUT2D eigenvalue weighted by Gasteiger charge is 2.51. The zero-order valence-electron chi connectivity index (χ0n) is 14.5. The molecular formula is C14H35N3OP+. The number of rotatable bonds is 9. The Kier molecular flexibility index (Phi) is 8.01. The molecule has 0 saturated carbocycles. The van der Waals surface area contributed by atoms with E-state index in [0.29, 0.717) is 0 Å². The van der Waals surface area contributed by atoms with Crippen molar-refractivity contribution in [1.82, 2.24) is 14.0 Å². The van der Waals surface area contributed by atoms with E-state index in [1.54, 1.807) is 0 Å². The number of nitrogens with zero attached hydrogens (tertiary/aromatic N) is 3. The molecule has 0 aliphatic carbocycles. The van der Waals surface area contributed by atoms with Crippen molar-refractivity contribution >= 4 is 7.94 Å². The third-order valence-corrected chi connectivity index (χ3v) is 7.00. The second kappa shape index (κ2) is 7.90. The molecule has 0 fully saturated rings. The lowest BCUT2D eigenvalue weighted by atomic mass is 9.88. The fraction of sp³-hybridized carbons (Fsp3) is 1.00. The predicted molar refractivity (Wildman–Crippen MR) is 87.2 cm³/mol. The molecule has 0 N–H and O–H groups in total. The van der Waals surface area contributed by atoms with Crippen LogP contribution in [0.5, 0.6) is 0 Å². The van der Waals surface area contributed by atoms with Crippen molar-refractivity contribution in [2.75, 3.05) is 48.9 Å². The van der Waals surface area contributed by atoms with Gasteiger partial charge in [-0.3, -0.25) is 0 Å². The van der Waals surface area contributed by atoms with Crippen LogP contribution < -0.4 is 0 Å². The topological polar surface area (TPSA) is 19.0 Å². The first kappa shape index (κ1) is 19.3. The van der Waals surface area contributed by atoms with Crippen LogP contribution in [0.15, 0.2) is 0 Å². The highest BCUT2D eigenvalue weighted by atomic mass is 31.2. The van der Waals surface area contributed by atoms with Gasteiger partial charge in [-0.1, -0.05) is 33.6 Å². The van der Waals surface area contributed by atoms with Gasteiger partial charge in [0, 0.05) is 42.3 Å². The lowest BCUT2D eigenvalue weighted by molar-refractivity contribution is 0.140. The molecule has 0 atom stereocenters. The monoisotopic (exact) mass is 292 g/mol. The SMILES string of the molecule is CCCCC(C)(C)CO[P+](N(C)C)(N(C)C)N(C)C. The average molecular weight is 292 g/mol. The molecule has 0 rings (SSSR count). The van der Waals surface area contributed by atoms with Crippen LogP contribution in [0, 0.1) is 5.41 Å². The van der Waals surface area contributed by atoms with Crippen molar-refractivity contribution in [3.05, 3.63) is 0 Å². The average Bonchev–Trinajstić information content (AvgIpc) is 2.25. The molecule has 19 heavy (non-hydrogen) atoms. The zero-order chi connectivity index (χ0) is 15.3. The highest BCUT2D eigenvalue weighted by molar-refractivity contribution is 7.64. The molecule has 0 aromatic heterocycles. The molecule has 0 aliphatic rings. The van der Waals surface area contributed by atoms with Gasteiger partial charge in [0.2, 0.25) is 0 Å². The van der Waals surface area contributed by atoms with E-state index in [2.05, 4.69) is 77.1 Å². The van der Waals surface area contributed by atoms with Crippen molar-refractivity contribution in [1.29, 1.82) is 0 Å². The summed E-state index contributed by atoms with van der Waals surface area (Å²) in [4.78, 5) is 0. The van der Waals surface area contributed by atoms with Gasteiger partial charge in [-0.05, 0) is 11.8 Å². The minimum absolute atomic E-state index is 0.239. The van der Waals surface area contributed by atoms with Crippen molar-refractivity contribution < 1.29 is 4.52 Å². The summed E-state index contributed by atoms with van der Waals surface area (Å²) in [6, 6.07) is 0. The molecule has 0 radical (unpaired) electrons. The summed E-state index contributed by atoms with van der Waals surface area (Å²) < 4.78 is 13.1. The van der Waals surface area contributed by atoms with E-state index in [0.717, 1.165) is 6.61 Å². The quantitative estimate of drug-likeness (QED) is 0.605. The largest absolute Gasteiger partial charge is 0.369 e. The highest BCUT2D eigenvalue weighted by Crippen LogP contribution is 2.65. The Morgan fingerprint density at radius 3 is 1.63 bits per heavy atom. The normalized spacial score (nSPS) is 13.9. The summed E-state index contributed by atoms with van der Waals surface area (Å²) in [6.45, 7) is 7.65. The van der Waals surface area contributed by atoms with Crippen LogP contribution >= 0.6 is 7.94 Å². The van der Waals surface area contributed by atoms with Gasteiger partial charge in [-0.15, -0.1) is 14.0 Å². The maximum absolute atomic E-state index is 6.46. The molecule has 0 bridgehead atoms. The number of hydrogen-bond donors (Lipinski definition) is 0. The first-order valence-corrected chi connectivity index (χ1v) is 8.73. The standard InChI is InChI=1S/C14H35N3OP/c1-10-11-12-14(2,3)13-18-19(15(4)5,16(6)7)17(8)9/h10-13H2,1-9H3/q+1. The summed E-state index contributed by atoms with van der Waals surface area (Å²) in [5.74, 6) is 0. The molecule has 0 spiro atoms. The Morgan fingerprint density at radius 2 is 1.32 bits per heavy atom. The molecule has 5 heteroatoms. The number of unbranched alkanes of at least 4 members (excludes halogenated alkanes) is 1. The van der Waals surface area contributed by atoms with E-state index in [1.165, 1.54) is 19.3 Å². The molecule has 0 amide bonds. The predicted octanol–water partition coefficient (Wildman–Crippen LogP) is 3.58. The van der Waals surface area contributed by atoms with Crippen molar-refractivity contribution in [2.24, 2.45) is 5.41 Å². The van der Waals surface area contributed by atoms with Gasteiger partial charge in [-0.2, -0.15) is 4.52 Å². The van der Waals surface area contributed by atoms with E-state index in [1.807, 2.05) is 0 Å². The minimum atomic E-state index is -1.84.